The Balaban J connectivity index is 1.24. The Kier molecular flexibility index (Phi) is 6.12. The summed E-state index contributed by atoms with van der Waals surface area (Å²) >= 11 is 0. The number of carbonyl (C=O) groups excluding carboxylic acids is 4. The van der Waals surface area contributed by atoms with E-state index in [2.05, 4.69) is 10.6 Å². The van der Waals surface area contributed by atoms with Crippen LogP contribution < -0.4 is 21.1 Å². The van der Waals surface area contributed by atoms with Crippen molar-refractivity contribution >= 4 is 35.0 Å². The molecule has 3 aromatic carbocycles. The number of amides is 4. The molecule has 0 saturated carbocycles. The number of ether oxygens (including phenoxy) is 1. The quantitative estimate of drug-likeness (QED) is 0.364. The van der Waals surface area contributed by atoms with Gasteiger partial charge < -0.3 is 20.7 Å². The SMILES string of the molecule is Nc1ccccc1NC(=O)c1ccc(COc2cccc3c2CN(C2CCC(=O)NC2=O)C3=O)cc1. The number of carbonyl (C=O) groups is 4. The van der Waals surface area contributed by atoms with Crippen molar-refractivity contribution in [3.63, 3.8) is 0 Å². The summed E-state index contributed by atoms with van der Waals surface area (Å²) in [6.07, 6.45) is 0.504. The number of para-hydroxylation sites is 2. The van der Waals surface area contributed by atoms with Crippen molar-refractivity contribution in [2.24, 2.45) is 0 Å². The van der Waals surface area contributed by atoms with E-state index in [-0.39, 0.29) is 37.3 Å². The minimum atomic E-state index is -0.680. The summed E-state index contributed by atoms with van der Waals surface area (Å²) in [6, 6.07) is 18.6. The summed E-state index contributed by atoms with van der Waals surface area (Å²) in [6.45, 7) is 0.467. The summed E-state index contributed by atoms with van der Waals surface area (Å²) in [5.41, 5.74) is 9.45. The highest BCUT2D eigenvalue weighted by atomic mass is 16.5. The molecule has 2 heterocycles. The average molecular weight is 485 g/mol. The molecule has 4 amide bonds. The Morgan fingerprint density at radius 1 is 1.03 bits per heavy atom. The van der Waals surface area contributed by atoms with Crippen LogP contribution in [0.15, 0.2) is 66.7 Å². The van der Waals surface area contributed by atoms with E-state index in [0.29, 0.717) is 40.2 Å². The van der Waals surface area contributed by atoms with Crippen molar-refractivity contribution in [1.29, 1.82) is 0 Å². The number of anilines is 2. The molecule has 0 aromatic heterocycles. The first-order valence-electron chi connectivity index (χ1n) is 11.5. The maximum atomic E-state index is 13.0. The molecule has 5 rings (SSSR count). The van der Waals surface area contributed by atoms with Gasteiger partial charge in [-0.05, 0) is 48.4 Å². The second-order valence-electron chi connectivity index (χ2n) is 8.71. The van der Waals surface area contributed by atoms with Crippen LogP contribution in [0.4, 0.5) is 11.4 Å². The zero-order valence-electron chi connectivity index (χ0n) is 19.3. The predicted molar refractivity (Wildman–Crippen MR) is 132 cm³/mol. The van der Waals surface area contributed by atoms with Crippen LogP contribution in [-0.2, 0) is 22.7 Å². The first-order chi connectivity index (χ1) is 17.4. The molecule has 9 heteroatoms. The number of imide groups is 1. The van der Waals surface area contributed by atoms with Crippen LogP contribution in [0, 0.1) is 0 Å². The number of hydrogen-bond donors (Lipinski definition) is 3. The lowest BCUT2D eigenvalue weighted by Gasteiger charge is -2.29. The van der Waals surface area contributed by atoms with Gasteiger partial charge in [0, 0.05) is 23.1 Å². The maximum Gasteiger partial charge on any atom is 0.255 e. The molecule has 182 valence electrons. The van der Waals surface area contributed by atoms with Gasteiger partial charge in [0.25, 0.3) is 11.8 Å². The molecule has 2 aliphatic rings. The summed E-state index contributed by atoms with van der Waals surface area (Å²) in [4.78, 5) is 50.8. The first kappa shape index (κ1) is 23.1. The van der Waals surface area contributed by atoms with Crippen molar-refractivity contribution in [3.8, 4) is 5.75 Å². The van der Waals surface area contributed by atoms with Crippen molar-refractivity contribution in [3.05, 3.63) is 89.0 Å². The predicted octanol–water partition coefficient (Wildman–Crippen LogP) is 2.86. The standard InChI is InChI=1S/C27H24N4O5/c28-20-5-1-2-6-21(20)29-25(33)17-10-8-16(9-11-17)15-36-23-7-3-4-18-19(23)14-31(27(18)35)22-12-13-24(32)30-26(22)34/h1-11,22H,12-15,28H2,(H,29,33)(H,30,32,34). The van der Waals surface area contributed by atoms with Gasteiger partial charge in [0.2, 0.25) is 11.8 Å². The normalized spacial score (nSPS) is 16.9. The van der Waals surface area contributed by atoms with Crippen LogP contribution in [0.25, 0.3) is 0 Å². The molecular formula is C27H24N4O5. The molecule has 1 unspecified atom stereocenters. The number of piperidine rings is 1. The monoisotopic (exact) mass is 484 g/mol. The molecule has 0 bridgehead atoms. The van der Waals surface area contributed by atoms with Crippen LogP contribution in [0.1, 0.15) is 44.7 Å². The van der Waals surface area contributed by atoms with E-state index in [1.54, 1.807) is 66.7 Å². The zero-order chi connectivity index (χ0) is 25.2. The van der Waals surface area contributed by atoms with Gasteiger partial charge in [0.05, 0.1) is 17.9 Å². The summed E-state index contributed by atoms with van der Waals surface area (Å²) in [5.74, 6) is -0.740. The summed E-state index contributed by atoms with van der Waals surface area (Å²) in [7, 11) is 0. The van der Waals surface area contributed by atoms with E-state index < -0.39 is 11.9 Å². The summed E-state index contributed by atoms with van der Waals surface area (Å²) in [5, 5.41) is 5.10. The van der Waals surface area contributed by atoms with E-state index >= 15 is 0 Å². The molecule has 1 saturated heterocycles. The van der Waals surface area contributed by atoms with Crippen molar-refractivity contribution < 1.29 is 23.9 Å². The van der Waals surface area contributed by atoms with Crippen LogP contribution >= 0.6 is 0 Å². The van der Waals surface area contributed by atoms with Crippen molar-refractivity contribution in [2.45, 2.75) is 32.0 Å². The lowest BCUT2D eigenvalue weighted by Crippen LogP contribution is -2.52. The fourth-order valence-corrected chi connectivity index (χ4v) is 4.41. The van der Waals surface area contributed by atoms with Crippen LogP contribution in [0.5, 0.6) is 5.75 Å². The fourth-order valence-electron chi connectivity index (χ4n) is 4.41. The van der Waals surface area contributed by atoms with Crippen LogP contribution in [0.3, 0.4) is 0 Å². The van der Waals surface area contributed by atoms with E-state index in [1.165, 1.54) is 4.90 Å². The number of rotatable bonds is 6. The topological polar surface area (TPSA) is 131 Å². The third-order valence-corrected chi connectivity index (χ3v) is 6.36. The van der Waals surface area contributed by atoms with E-state index in [9.17, 15) is 19.2 Å². The van der Waals surface area contributed by atoms with Gasteiger partial charge in [-0.1, -0.05) is 30.3 Å². The Labute approximate surface area is 207 Å². The molecule has 4 N–H and O–H groups in total. The van der Waals surface area contributed by atoms with Crippen LogP contribution in [-0.4, -0.2) is 34.6 Å². The zero-order valence-corrected chi connectivity index (χ0v) is 19.3. The number of hydrogen-bond acceptors (Lipinski definition) is 6. The molecule has 0 radical (unpaired) electrons. The molecular weight excluding hydrogens is 460 g/mol. The van der Waals surface area contributed by atoms with Gasteiger partial charge in [-0.15, -0.1) is 0 Å². The van der Waals surface area contributed by atoms with E-state index in [4.69, 9.17) is 10.5 Å². The molecule has 3 aromatic rings. The minimum absolute atomic E-state index is 0.201. The number of nitrogens with one attached hydrogen (secondary N) is 2. The lowest BCUT2D eigenvalue weighted by molar-refractivity contribution is -0.136. The third kappa shape index (κ3) is 4.50. The maximum absolute atomic E-state index is 13.0. The molecule has 0 aliphatic carbocycles. The molecule has 1 fully saturated rings. The van der Waals surface area contributed by atoms with Gasteiger partial charge in [0.1, 0.15) is 18.4 Å². The Morgan fingerprint density at radius 2 is 1.81 bits per heavy atom. The molecule has 36 heavy (non-hydrogen) atoms. The number of fused-ring (bicyclic) bond motifs is 1. The van der Waals surface area contributed by atoms with Gasteiger partial charge in [0.15, 0.2) is 0 Å². The Morgan fingerprint density at radius 3 is 2.56 bits per heavy atom. The summed E-state index contributed by atoms with van der Waals surface area (Å²) < 4.78 is 6.02. The highest BCUT2D eigenvalue weighted by molar-refractivity contribution is 6.06. The van der Waals surface area contributed by atoms with Gasteiger partial charge in [-0.2, -0.15) is 0 Å². The number of nitrogens with zero attached hydrogens (tertiary/aromatic N) is 1. The molecule has 0 spiro atoms. The number of benzene rings is 3. The van der Waals surface area contributed by atoms with E-state index in [0.717, 1.165) is 5.56 Å². The van der Waals surface area contributed by atoms with E-state index in [1.807, 2.05) is 0 Å². The number of nitrogens with two attached hydrogens (primary N) is 1. The molecule has 9 nitrogen and oxygen atoms in total. The Hall–Kier alpha value is -4.66. The average Bonchev–Trinajstić information content (AvgIpc) is 3.21. The van der Waals surface area contributed by atoms with Gasteiger partial charge >= 0.3 is 0 Å². The van der Waals surface area contributed by atoms with Crippen LogP contribution in [0.2, 0.25) is 0 Å². The second kappa shape index (κ2) is 9.53. The number of nitrogen functional groups attached to an aromatic ring is 1. The first-order valence-corrected chi connectivity index (χ1v) is 11.5. The molecule has 2 aliphatic heterocycles. The highest BCUT2D eigenvalue weighted by Crippen LogP contribution is 2.34. The highest BCUT2D eigenvalue weighted by Gasteiger charge is 2.40. The molecule has 1 atom stereocenters. The minimum Gasteiger partial charge on any atom is -0.489 e. The third-order valence-electron chi connectivity index (χ3n) is 6.36. The lowest BCUT2D eigenvalue weighted by atomic mass is 10.0. The Bertz CT molecular complexity index is 1370. The smallest absolute Gasteiger partial charge is 0.255 e. The van der Waals surface area contributed by atoms with Crippen molar-refractivity contribution in [2.75, 3.05) is 11.1 Å². The van der Waals surface area contributed by atoms with Gasteiger partial charge in [-0.3, -0.25) is 24.5 Å². The largest absolute Gasteiger partial charge is 0.489 e. The van der Waals surface area contributed by atoms with Crippen molar-refractivity contribution in [1.82, 2.24) is 10.2 Å². The second-order valence-corrected chi connectivity index (χ2v) is 8.71. The fraction of sp³-hybridized carbons (Fsp3) is 0.185. The van der Waals surface area contributed by atoms with Gasteiger partial charge in [-0.25, -0.2) is 0 Å².